The van der Waals surface area contributed by atoms with Crippen LogP contribution in [0, 0.1) is 11.8 Å². The van der Waals surface area contributed by atoms with E-state index in [-0.39, 0.29) is 12.6 Å². The normalized spacial score (nSPS) is 18.1. The lowest BCUT2D eigenvalue weighted by molar-refractivity contribution is -0.141. The second-order valence-electron chi connectivity index (χ2n) is 6.08. The number of nitrogens with zero attached hydrogens (tertiary/aromatic N) is 3. The smallest absolute Gasteiger partial charge is 0.319 e. The van der Waals surface area contributed by atoms with Gasteiger partial charge in [-0.2, -0.15) is 0 Å². The standard InChI is InChI=1S/C14H27N3O3/c1-11(2)9-16-5-7-17(8-6-16)14(20)15(4)10-12(3)13(18)19/h11-12H,5-10H2,1-4H3,(H,18,19). The molecule has 6 nitrogen and oxygen atoms in total. The van der Waals surface area contributed by atoms with Crippen LogP contribution in [0.15, 0.2) is 0 Å². The van der Waals surface area contributed by atoms with Gasteiger partial charge in [-0.15, -0.1) is 0 Å². The maximum absolute atomic E-state index is 12.2. The molecule has 116 valence electrons. The van der Waals surface area contributed by atoms with Crippen molar-refractivity contribution in [3.63, 3.8) is 0 Å². The van der Waals surface area contributed by atoms with Gasteiger partial charge in [-0.1, -0.05) is 20.8 Å². The van der Waals surface area contributed by atoms with Crippen molar-refractivity contribution in [1.29, 1.82) is 0 Å². The summed E-state index contributed by atoms with van der Waals surface area (Å²) in [4.78, 5) is 28.7. The highest BCUT2D eigenvalue weighted by atomic mass is 16.4. The number of carbonyl (C=O) groups is 2. The van der Waals surface area contributed by atoms with Crippen molar-refractivity contribution in [2.45, 2.75) is 20.8 Å². The lowest BCUT2D eigenvalue weighted by atomic mass is 10.2. The number of aliphatic carboxylic acids is 1. The van der Waals surface area contributed by atoms with Gasteiger partial charge in [0.1, 0.15) is 0 Å². The quantitative estimate of drug-likeness (QED) is 0.819. The number of rotatable bonds is 5. The molecule has 1 atom stereocenters. The lowest BCUT2D eigenvalue weighted by Gasteiger charge is -2.37. The molecule has 0 saturated carbocycles. The van der Waals surface area contributed by atoms with Crippen LogP contribution in [0.1, 0.15) is 20.8 Å². The summed E-state index contributed by atoms with van der Waals surface area (Å²) < 4.78 is 0. The highest BCUT2D eigenvalue weighted by Crippen LogP contribution is 2.08. The van der Waals surface area contributed by atoms with Crippen molar-refractivity contribution in [2.24, 2.45) is 11.8 Å². The highest BCUT2D eigenvalue weighted by molar-refractivity contribution is 5.76. The van der Waals surface area contributed by atoms with Crippen molar-refractivity contribution in [1.82, 2.24) is 14.7 Å². The third-order valence-corrected chi connectivity index (χ3v) is 3.56. The second kappa shape index (κ2) is 7.47. The summed E-state index contributed by atoms with van der Waals surface area (Å²) in [6.45, 7) is 10.5. The summed E-state index contributed by atoms with van der Waals surface area (Å²) in [5.74, 6) is -0.770. The zero-order chi connectivity index (χ0) is 15.3. The molecule has 0 aliphatic carbocycles. The molecule has 1 N–H and O–H groups in total. The number of carboxylic acids is 1. The Hall–Kier alpha value is -1.30. The molecular weight excluding hydrogens is 258 g/mol. The Morgan fingerprint density at radius 2 is 1.70 bits per heavy atom. The predicted octanol–water partition coefficient (Wildman–Crippen LogP) is 1.03. The Morgan fingerprint density at radius 1 is 1.15 bits per heavy atom. The van der Waals surface area contributed by atoms with E-state index in [4.69, 9.17) is 5.11 Å². The number of piperazine rings is 1. The molecular formula is C14H27N3O3. The van der Waals surface area contributed by atoms with Gasteiger partial charge in [0.15, 0.2) is 0 Å². The highest BCUT2D eigenvalue weighted by Gasteiger charge is 2.25. The van der Waals surface area contributed by atoms with Crippen LogP contribution in [0.25, 0.3) is 0 Å². The van der Waals surface area contributed by atoms with Crippen molar-refractivity contribution in [2.75, 3.05) is 46.3 Å². The Bertz CT molecular complexity index is 339. The molecule has 0 aromatic carbocycles. The Balaban J connectivity index is 2.40. The molecule has 1 rings (SSSR count). The SMILES string of the molecule is CC(C)CN1CCN(C(=O)N(C)CC(C)C(=O)O)CC1. The Labute approximate surface area is 121 Å². The van der Waals surface area contributed by atoms with Crippen LogP contribution < -0.4 is 0 Å². The number of carboxylic acid groups (broad SMARTS) is 1. The maximum atomic E-state index is 12.2. The second-order valence-corrected chi connectivity index (χ2v) is 6.08. The van der Waals surface area contributed by atoms with E-state index in [1.165, 1.54) is 4.90 Å². The zero-order valence-electron chi connectivity index (χ0n) is 13.0. The number of hydrogen-bond acceptors (Lipinski definition) is 3. The summed E-state index contributed by atoms with van der Waals surface area (Å²) in [6.07, 6.45) is 0. The molecule has 1 saturated heterocycles. The minimum atomic E-state index is -0.869. The Morgan fingerprint density at radius 3 is 2.15 bits per heavy atom. The van der Waals surface area contributed by atoms with Gasteiger partial charge in [-0.25, -0.2) is 4.79 Å². The number of urea groups is 1. The predicted molar refractivity (Wildman–Crippen MR) is 77.7 cm³/mol. The molecule has 0 bridgehead atoms. The summed E-state index contributed by atoms with van der Waals surface area (Å²) in [5, 5.41) is 8.88. The third-order valence-electron chi connectivity index (χ3n) is 3.56. The van der Waals surface area contributed by atoms with Gasteiger partial charge < -0.3 is 14.9 Å². The molecule has 1 aliphatic rings. The summed E-state index contributed by atoms with van der Waals surface area (Å²) in [5.41, 5.74) is 0. The minimum Gasteiger partial charge on any atom is -0.481 e. The first-order valence-electron chi connectivity index (χ1n) is 7.26. The lowest BCUT2D eigenvalue weighted by Crippen LogP contribution is -2.53. The topological polar surface area (TPSA) is 64.1 Å². The molecule has 6 heteroatoms. The van der Waals surface area contributed by atoms with E-state index in [2.05, 4.69) is 18.7 Å². The molecule has 1 aliphatic heterocycles. The van der Waals surface area contributed by atoms with Crippen LogP contribution in [-0.4, -0.2) is 78.1 Å². The van der Waals surface area contributed by atoms with Crippen molar-refractivity contribution in [3.8, 4) is 0 Å². The van der Waals surface area contributed by atoms with E-state index < -0.39 is 11.9 Å². The van der Waals surface area contributed by atoms with Gasteiger partial charge in [-0.05, 0) is 5.92 Å². The number of hydrogen-bond donors (Lipinski definition) is 1. The van der Waals surface area contributed by atoms with Gasteiger partial charge in [0.05, 0.1) is 5.92 Å². The van der Waals surface area contributed by atoms with Crippen LogP contribution in [0.2, 0.25) is 0 Å². The van der Waals surface area contributed by atoms with Crippen LogP contribution in [0.5, 0.6) is 0 Å². The van der Waals surface area contributed by atoms with Crippen molar-refractivity contribution < 1.29 is 14.7 Å². The minimum absolute atomic E-state index is 0.0673. The molecule has 0 aromatic rings. The first kappa shape index (κ1) is 16.8. The third kappa shape index (κ3) is 5.00. The number of carbonyl (C=O) groups excluding carboxylic acids is 1. The van der Waals surface area contributed by atoms with Gasteiger partial charge in [-0.3, -0.25) is 9.69 Å². The molecule has 0 spiro atoms. The Kier molecular flexibility index (Phi) is 6.26. The average molecular weight is 285 g/mol. The van der Waals surface area contributed by atoms with Gasteiger partial charge in [0.2, 0.25) is 0 Å². The molecule has 0 aromatic heterocycles. The summed E-state index contributed by atoms with van der Waals surface area (Å²) in [6, 6.07) is -0.0673. The van der Waals surface area contributed by atoms with E-state index in [9.17, 15) is 9.59 Å². The maximum Gasteiger partial charge on any atom is 0.319 e. The molecule has 1 unspecified atom stereocenters. The van der Waals surface area contributed by atoms with E-state index >= 15 is 0 Å². The van der Waals surface area contributed by atoms with Gasteiger partial charge in [0, 0.05) is 46.3 Å². The summed E-state index contributed by atoms with van der Waals surface area (Å²) >= 11 is 0. The van der Waals surface area contributed by atoms with E-state index in [1.54, 1.807) is 14.0 Å². The van der Waals surface area contributed by atoms with Gasteiger partial charge in [0.25, 0.3) is 0 Å². The van der Waals surface area contributed by atoms with Crippen LogP contribution in [0.4, 0.5) is 4.79 Å². The fraction of sp³-hybridized carbons (Fsp3) is 0.857. The fourth-order valence-electron chi connectivity index (χ4n) is 2.45. The number of amides is 2. The summed E-state index contributed by atoms with van der Waals surface area (Å²) in [7, 11) is 1.67. The zero-order valence-corrected chi connectivity index (χ0v) is 13.0. The van der Waals surface area contributed by atoms with E-state index in [0.29, 0.717) is 5.92 Å². The van der Waals surface area contributed by atoms with Crippen LogP contribution >= 0.6 is 0 Å². The van der Waals surface area contributed by atoms with Gasteiger partial charge >= 0.3 is 12.0 Å². The average Bonchev–Trinajstić information content (AvgIpc) is 2.37. The van der Waals surface area contributed by atoms with E-state index in [1.807, 2.05) is 4.90 Å². The monoisotopic (exact) mass is 285 g/mol. The molecule has 20 heavy (non-hydrogen) atoms. The van der Waals surface area contributed by atoms with Crippen molar-refractivity contribution >= 4 is 12.0 Å². The van der Waals surface area contributed by atoms with Crippen LogP contribution in [0.3, 0.4) is 0 Å². The fourth-order valence-corrected chi connectivity index (χ4v) is 2.45. The molecule has 0 radical (unpaired) electrons. The first-order valence-corrected chi connectivity index (χ1v) is 7.26. The van der Waals surface area contributed by atoms with Crippen LogP contribution in [-0.2, 0) is 4.79 Å². The molecule has 1 heterocycles. The molecule has 1 fully saturated rings. The first-order chi connectivity index (χ1) is 9.31. The molecule has 2 amide bonds. The largest absolute Gasteiger partial charge is 0.481 e. The van der Waals surface area contributed by atoms with Crippen molar-refractivity contribution in [3.05, 3.63) is 0 Å². The van der Waals surface area contributed by atoms with E-state index in [0.717, 1.165) is 32.7 Å².